The van der Waals surface area contributed by atoms with E-state index in [0.717, 1.165) is 32.3 Å². The van der Waals surface area contributed by atoms with E-state index in [2.05, 4.69) is 54.0 Å². The van der Waals surface area contributed by atoms with Crippen molar-refractivity contribution in [2.45, 2.75) is 33.9 Å². The molecule has 0 aliphatic rings. The summed E-state index contributed by atoms with van der Waals surface area (Å²) in [5, 5.41) is 0. The van der Waals surface area contributed by atoms with E-state index in [9.17, 15) is 4.79 Å². The molecule has 0 radical (unpaired) electrons. The molecule has 0 aromatic heterocycles. The van der Waals surface area contributed by atoms with Gasteiger partial charge in [-0.15, -0.1) is 0 Å². The van der Waals surface area contributed by atoms with Gasteiger partial charge in [0.05, 0.1) is 0 Å². The van der Waals surface area contributed by atoms with Gasteiger partial charge in [0.1, 0.15) is 0 Å². The second kappa shape index (κ2) is 8.53. The molecule has 0 heterocycles. The third-order valence-electron chi connectivity index (χ3n) is 5.11. The number of hydrogen-bond donors (Lipinski definition) is 0. The third kappa shape index (κ3) is 4.48. The van der Waals surface area contributed by atoms with E-state index in [-0.39, 0.29) is 5.91 Å². The molecule has 0 saturated heterocycles. The van der Waals surface area contributed by atoms with Gasteiger partial charge in [0.25, 0.3) is 5.91 Å². The van der Waals surface area contributed by atoms with Crippen molar-refractivity contribution < 1.29 is 4.79 Å². The first-order valence-electron chi connectivity index (χ1n) is 9.10. The lowest BCUT2D eigenvalue weighted by atomic mass is 9.97. The van der Waals surface area contributed by atoms with Gasteiger partial charge in [-0.1, -0.05) is 76.6 Å². The molecule has 0 spiro atoms. The largest absolute Gasteiger partial charge is 0.330 e. The molecule has 1 amide bonds. The Kier molecular flexibility index (Phi) is 6.12. The Labute approximate surface area is 170 Å². The molecule has 2 nitrogen and oxygen atoms in total. The first-order valence-corrected chi connectivity index (χ1v) is 9.90. The van der Waals surface area contributed by atoms with Crippen molar-refractivity contribution >= 4 is 21.8 Å². The summed E-state index contributed by atoms with van der Waals surface area (Å²) in [4.78, 5) is 15.4. The molecule has 0 unspecified atom stereocenters. The Balaban J connectivity index is 1.98. The van der Waals surface area contributed by atoms with Crippen molar-refractivity contribution in [1.82, 2.24) is 4.90 Å². The lowest BCUT2D eigenvalue weighted by Gasteiger charge is -2.25. The molecule has 0 aliphatic heterocycles. The average Bonchev–Trinajstić information content (AvgIpc) is 2.69. The molecule has 0 N–H and O–H groups in total. The number of benzene rings is 3. The lowest BCUT2D eigenvalue weighted by Crippen LogP contribution is -2.31. The molecule has 3 aromatic carbocycles. The van der Waals surface area contributed by atoms with Gasteiger partial charge in [-0.05, 0) is 54.7 Å². The average molecular weight is 422 g/mol. The predicted octanol–water partition coefficient (Wildman–Crippen LogP) is 6.22. The fourth-order valence-corrected chi connectivity index (χ4v) is 3.73. The lowest BCUT2D eigenvalue weighted by molar-refractivity contribution is 0.0729. The number of amides is 1. The highest BCUT2D eigenvalue weighted by Gasteiger charge is 2.21. The van der Waals surface area contributed by atoms with E-state index in [1.54, 1.807) is 0 Å². The van der Waals surface area contributed by atoms with Gasteiger partial charge < -0.3 is 4.90 Å². The Morgan fingerprint density at radius 3 is 1.74 bits per heavy atom. The van der Waals surface area contributed by atoms with Crippen molar-refractivity contribution in [2.75, 3.05) is 0 Å². The molecule has 27 heavy (non-hydrogen) atoms. The second-order valence-corrected chi connectivity index (χ2v) is 7.77. The maximum atomic E-state index is 13.5. The summed E-state index contributed by atoms with van der Waals surface area (Å²) in [5.41, 5.74) is 6.40. The normalized spacial score (nSPS) is 10.7. The van der Waals surface area contributed by atoms with Crippen LogP contribution < -0.4 is 0 Å². The van der Waals surface area contributed by atoms with Gasteiger partial charge in [-0.2, -0.15) is 0 Å². The van der Waals surface area contributed by atoms with Crippen LogP contribution in [0.5, 0.6) is 0 Å². The van der Waals surface area contributed by atoms with E-state index >= 15 is 0 Å². The first kappa shape index (κ1) is 19.4. The van der Waals surface area contributed by atoms with Crippen molar-refractivity contribution in [2.24, 2.45) is 0 Å². The highest BCUT2D eigenvalue weighted by molar-refractivity contribution is 9.10. The maximum Gasteiger partial charge on any atom is 0.254 e. The SMILES string of the molecule is Cc1c(Br)cc(C(=O)N(Cc2ccccc2)Cc2ccccc2)c(C)c1C. The minimum absolute atomic E-state index is 0.0593. The van der Waals surface area contributed by atoms with Gasteiger partial charge in [-0.3, -0.25) is 4.79 Å². The Morgan fingerprint density at radius 1 is 0.778 bits per heavy atom. The minimum atomic E-state index is 0.0593. The van der Waals surface area contributed by atoms with Crippen LogP contribution in [0, 0.1) is 20.8 Å². The summed E-state index contributed by atoms with van der Waals surface area (Å²) >= 11 is 3.61. The number of nitrogens with zero attached hydrogens (tertiary/aromatic N) is 1. The van der Waals surface area contributed by atoms with Crippen molar-refractivity contribution in [3.8, 4) is 0 Å². The topological polar surface area (TPSA) is 20.3 Å². The summed E-state index contributed by atoms with van der Waals surface area (Å²) in [6.07, 6.45) is 0. The zero-order chi connectivity index (χ0) is 19.4. The van der Waals surface area contributed by atoms with E-state index < -0.39 is 0 Å². The van der Waals surface area contributed by atoms with E-state index in [1.807, 2.05) is 54.3 Å². The molecule has 0 bridgehead atoms. The van der Waals surface area contributed by atoms with E-state index in [1.165, 1.54) is 5.56 Å². The van der Waals surface area contributed by atoms with Crippen LogP contribution >= 0.6 is 15.9 Å². The molecule has 0 aliphatic carbocycles. The molecule has 3 aromatic rings. The zero-order valence-electron chi connectivity index (χ0n) is 16.0. The Hall–Kier alpha value is -2.39. The second-order valence-electron chi connectivity index (χ2n) is 6.91. The standard InChI is InChI=1S/C24H24BrNO/c1-17-18(2)22(14-23(25)19(17)3)24(27)26(15-20-10-6-4-7-11-20)16-21-12-8-5-9-13-21/h4-14H,15-16H2,1-3H3. The molecule has 138 valence electrons. The van der Waals surface area contributed by atoms with Crippen LogP contribution in [-0.4, -0.2) is 10.8 Å². The van der Waals surface area contributed by atoms with E-state index in [4.69, 9.17) is 0 Å². The highest BCUT2D eigenvalue weighted by Crippen LogP contribution is 2.27. The number of rotatable bonds is 5. The van der Waals surface area contributed by atoms with Gasteiger partial charge in [0, 0.05) is 23.1 Å². The fourth-order valence-electron chi connectivity index (χ4n) is 3.21. The van der Waals surface area contributed by atoms with Crippen LogP contribution in [0.4, 0.5) is 0 Å². The number of carbonyl (C=O) groups excluding carboxylic acids is 1. The minimum Gasteiger partial charge on any atom is -0.330 e. The number of carbonyl (C=O) groups is 1. The smallest absolute Gasteiger partial charge is 0.254 e. The van der Waals surface area contributed by atoms with Crippen molar-refractivity contribution in [3.63, 3.8) is 0 Å². The van der Waals surface area contributed by atoms with Crippen LogP contribution in [0.3, 0.4) is 0 Å². The van der Waals surface area contributed by atoms with Gasteiger partial charge in [-0.25, -0.2) is 0 Å². The van der Waals surface area contributed by atoms with E-state index in [0.29, 0.717) is 13.1 Å². The van der Waals surface area contributed by atoms with Crippen LogP contribution in [0.25, 0.3) is 0 Å². The Morgan fingerprint density at radius 2 is 1.26 bits per heavy atom. The molecular formula is C24H24BrNO. The van der Waals surface area contributed by atoms with Crippen LogP contribution in [0.2, 0.25) is 0 Å². The van der Waals surface area contributed by atoms with Gasteiger partial charge in [0.2, 0.25) is 0 Å². The van der Waals surface area contributed by atoms with Crippen molar-refractivity contribution in [3.05, 3.63) is 105 Å². The summed E-state index contributed by atoms with van der Waals surface area (Å²) < 4.78 is 0.980. The first-order chi connectivity index (χ1) is 13.0. The summed E-state index contributed by atoms with van der Waals surface area (Å²) in [5.74, 6) is 0.0593. The highest BCUT2D eigenvalue weighted by atomic mass is 79.9. The van der Waals surface area contributed by atoms with Crippen LogP contribution in [0.15, 0.2) is 71.2 Å². The number of hydrogen-bond acceptors (Lipinski definition) is 1. The molecule has 0 saturated carbocycles. The molecule has 3 heteroatoms. The molecule has 3 rings (SSSR count). The van der Waals surface area contributed by atoms with Crippen LogP contribution in [0.1, 0.15) is 38.2 Å². The van der Waals surface area contributed by atoms with Gasteiger partial charge in [0.15, 0.2) is 0 Å². The molecular weight excluding hydrogens is 398 g/mol. The molecule has 0 atom stereocenters. The number of halogens is 1. The predicted molar refractivity (Wildman–Crippen MR) is 115 cm³/mol. The third-order valence-corrected chi connectivity index (χ3v) is 5.93. The summed E-state index contributed by atoms with van der Waals surface area (Å²) in [6, 6.07) is 22.3. The van der Waals surface area contributed by atoms with Crippen LogP contribution in [-0.2, 0) is 13.1 Å². The molecule has 0 fully saturated rings. The fraction of sp³-hybridized carbons (Fsp3) is 0.208. The Bertz CT molecular complexity index is 894. The monoisotopic (exact) mass is 421 g/mol. The summed E-state index contributed by atoms with van der Waals surface area (Å²) in [6.45, 7) is 7.35. The van der Waals surface area contributed by atoms with Gasteiger partial charge >= 0.3 is 0 Å². The maximum absolute atomic E-state index is 13.5. The quantitative estimate of drug-likeness (QED) is 0.478. The zero-order valence-corrected chi connectivity index (χ0v) is 17.6. The summed E-state index contributed by atoms with van der Waals surface area (Å²) in [7, 11) is 0. The van der Waals surface area contributed by atoms with Crippen molar-refractivity contribution in [1.29, 1.82) is 0 Å².